The summed E-state index contributed by atoms with van der Waals surface area (Å²) in [5.74, 6) is 0.591. The topological polar surface area (TPSA) is 86.9 Å². The number of nitrogens with two attached hydrogens (primary N) is 1. The first-order valence-corrected chi connectivity index (χ1v) is 9.31. The minimum atomic E-state index is -3.15. The number of rotatable bonds is 3. The summed E-state index contributed by atoms with van der Waals surface area (Å²) in [6.45, 7) is 5.93. The van der Waals surface area contributed by atoms with E-state index in [9.17, 15) is 13.2 Å². The third-order valence-electron chi connectivity index (χ3n) is 4.19. The Labute approximate surface area is 127 Å². The zero-order valence-electron chi connectivity index (χ0n) is 12.9. The second-order valence-electron chi connectivity index (χ2n) is 6.34. The van der Waals surface area contributed by atoms with Crippen LogP contribution in [0.1, 0.15) is 13.3 Å². The number of likely N-dealkylation sites (tertiary alicyclic amines) is 1. The van der Waals surface area contributed by atoms with Crippen molar-refractivity contribution in [2.75, 3.05) is 52.1 Å². The molecule has 0 spiro atoms. The van der Waals surface area contributed by atoms with Crippen LogP contribution in [0.2, 0.25) is 0 Å². The minimum Gasteiger partial charge on any atom is -0.339 e. The summed E-state index contributed by atoms with van der Waals surface area (Å²) < 4.78 is 24.3. The van der Waals surface area contributed by atoms with E-state index < -0.39 is 10.0 Å². The first-order chi connectivity index (χ1) is 9.75. The summed E-state index contributed by atoms with van der Waals surface area (Å²) in [6, 6.07) is 0.142. The van der Waals surface area contributed by atoms with Gasteiger partial charge in [0.05, 0.1) is 12.8 Å². The highest BCUT2D eigenvalue weighted by Crippen LogP contribution is 2.15. The first kappa shape index (κ1) is 16.7. The fourth-order valence-corrected chi connectivity index (χ4v) is 4.03. The molecule has 122 valence electrons. The average Bonchev–Trinajstić information content (AvgIpc) is 2.36. The highest BCUT2D eigenvalue weighted by molar-refractivity contribution is 7.88. The van der Waals surface area contributed by atoms with Crippen LogP contribution in [0.3, 0.4) is 0 Å². The molecule has 21 heavy (non-hydrogen) atoms. The maximum atomic E-state index is 12.3. The van der Waals surface area contributed by atoms with Gasteiger partial charge in [-0.2, -0.15) is 4.31 Å². The van der Waals surface area contributed by atoms with E-state index in [1.54, 1.807) is 4.90 Å². The van der Waals surface area contributed by atoms with Crippen molar-refractivity contribution in [1.82, 2.24) is 14.1 Å². The third-order valence-corrected chi connectivity index (χ3v) is 5.49. The molecular weight excluding hydrogens is 292 g/mol. The Morgan fingerprint density at radius 2 is 1.81 bits per heavy atom. The van der Waals surface area contributed by atoms with Crippen molar-refractivity contribution in [2.45, 2.75) is 19.4 Å². The molecule has 2 aliphatic rings. The molecule has 0 bridgehead atoms. The summed E-state index contributed by atoms with van der Waals surface area (Å²) in [7, 11) is -3.15. The number of carbonyl (C=O) groups is 1. The largest absolute Gasteiger partial charge is 0.339 e. The van der Waals surface area contributed by atoms with Crippen LogP contribution in [0.15, 0.2) is 0 Å². The third kappa shape index (κ3) is 4.64. The zero-order chi connectivity index (χ0) is 15.6. The van der Waals surface area contributed by atoms with Crippen LogP contribution in [-0.2, 0) is 14.8 Å². The van der Waals surface area contributed by atoms with Crippen molar-refractivity contribution in [3.63, 3.8) is 0 Å². The molecule has 0 aromatic carbocycles. The fourth-order valence-electron chi connectivity index (χ4n) is 3.20. The molecule has 0 radical (unpaired) electrons. The Balaban J connectivity index is 1.82. The molecule has 2 saturated heterocycles. The molecule has 2 unspecified atom stereocenters. The summed E-state index contributed by atoms with van der Waals surface area (Å²) in [6.07, 6.45) is 2.22. The van der Waals surface area contributed by atoms with Crippen LogP contribution in [0.5, 0.6) is 0 Å². The molecule has 2 N–H and O–H groups in total. The van der Waals surface area contributed by atoms with Gasteiger partial charge in [-0.25, -0.2) is 8.42 Å². The van der Waals surface area contributed by atoms with E-state index in [1.165, 1.54) is 10.6 Å². The maximum Gasteiger partial charge on any atom is 0.236 e. The minimum absolute atomic E-state index is 0.0736. The number of hydrogen-bond donors (Lipinski definition) is 1. The number of sulfonamides is 1. The van der Waals surface area contributed by atoms with Gasteiger partial charge in [0, 0.05) is 45.3 Å². The van der Waals surface area contributed by atoms with E-state index in [2.05, 4.69) is 11.8 Å². The van der Waals surface area contributed by atoms with Crippen LogP contribution in [0, 0.1) is 5.92 Å². The second kappa shape index (κ2) is 6.60. The van der Waals surface area contributed by atoms with Crippen LogP contribution < -0.4 is 5.73 Å². The van der Waals surface area contributed by atoms with Gasteiger partial charge in [0.25, 0.3) is 0 Å². The van der Waals surface area contributed by atoms with Gasteiger partial charge >= 0.3 is 0 Å². The lowest BCUT2D eigenvalue weighted by Crippen LogP contribution is -2.54. The summed E-state index contributed by atoms with van der Waals surface area (Å²) in [5, 5.41) is 0. The van der Waals surface area contributed by atoms with Crippen molar-refractivity contribution in [3.05, 3.63) is 0 Å². The van der Waals surface area contributed by atoms with Crippen LogP contribution >= 0.6 is 0 Å². The zero-order valence-corrected chi connectivity index (χ0v) is 13.7. The summed E-state index contributed by atoms with van der Waals surface area (Å²) in [4.78, 5) is 16.2. The predicted octanol–water partition coefficient (Wildman–Crippen LogP) is -1.24. The molecule has 1 amide bonds. The average molecular weight is 318 g/mol. The molecule has 2 aliphatic heterocycles. The quantitative estimate of drug-likeness (QED) is 0.703. The highest BCUT2D eigenvalue weighted by atomic mass is 32.2. The Hall–Kier alpha value is -0.700. The standard InChI is InChI=1S/C13H26N4O3S/c1-11-7-12(14)9-15(8-11)10-13(18)16-3-5-17(6-4-16)21(2,19)20/h11-12H,3-10,14H2,1-2H3. The lowest BCUT2D eigenvalue weighted by atomic mass is 9.96. The van der Waals surface area contributed by atoms with E-state index in [-0.39, 0.29) is 11.9 Å². The van der Waals surface area contributed by atoms with Gasteiger partial charge in [-0.05, 0) is 12.3 Å². The second-order valence-corrected chi connectivity index (χ2v) is 8.32. The molecule has 0 aromatic heterocycles. The van der Waals surface area contributed by atoms with Crippen LogP contribution in [-0.4, -0.2) is 86.5 Å². The van der Waals surface area contributed by atoms with E-state index in [4.69, 9.17) is 5.73 Å². The van der Waals surface area contributed by atoms with Gasteiger partial charge in [0.15, 0.2) is 0 Å². The van der Waals surface area contributed by atoms with Crippen molar-refractivity contribution < 1.29 is 13.2 Å². The molecule has 2 fully saturated rings. The molecule has 0 aromatic rings. The lowest BCUT2D eigenvalue weighted by Gasteiger charge is -2.37. The van der Waals surface area contributed by atoms with Crippen molar-refractivity contribution in [2.24, 2.45) is 11.7 Å². The smallest absolute Gasteiger partial charge is 0.236 e. The molecule has 0 saturated carbocycles. The van der Waals surface area contributed by atoms with Crippen molar-refractivity contribution in [3.8, 4) is 0 Å². The highest BCUT2D eigenvalue weighted by Gasteiger charge is 2.29. The number of piperidine rings is 1. The van der Waals surface area contributed by atoms with Gasteiger partial charge in [0.1, 0.15) is 0 Å². The fraction of sp³-hybridized carbons (Fsp3) is 0.923. The van der Waals surface area contributed by atoms with Crippen LogP contribution in [0.25, 0.3) is 0 Å². The summed E-state index contributed by atoms with van der Waals surface area (Å²) in [5.41, 5.74) is 6.00. The normalized spacial score (nSPS) is 29.6. The lowest BCUT2D eigenvalue weighted by molar-refractivity contribution is -0.134. The van der Waals surface area contributed by atoms with Crippen molar-refractivity contribution >= 4 is 15.9 Å². The molecule has 0 aliphatic carbocycles. The number of nitrogens with zero attached hydrogens (tertiary/aromatic N) is 3. The van der Waals surface area contributed by atoms with Gasteiger partial charge in [-0.3, -0.25) is 9.69 Å². The summed E-state index contributed by atoms with van der Waals surface area (Å²) >= 11 is 0. The van der Waals surface area contributed by atoms with Gasteiger partial charge in [0.2, 0.25) is 15.9 Å². The molecule has 8 heteroatoms. The SMILES string of the molecule is CC1CC(N)CN(CC(=O)N2CCN(S(C)(=O)=O)CC2)C1. The maximum absolute atomic E-state index is 12.3. The van der Waals surface area contributed by atoms with Crippen molar-refractivity contribution in [1.29, 1.82) is 0 Å². The number of piperazine rings is 1. The van der Waals surface area contributed by atoms with E-state index in [1.807, 2.05) is 0 Å². The Bertz CT molecular complexity index is 464. The first-order valence-electron chi connectivity index (χ1n) is 7.46. The monoisotopic (exact) mass is 318 g/mol. The Kier molecular flexibility index (Phi) is 5.24. The number of carbonyl (C=O) groups excluding carboxylic acids is 1. The van der Waals surface area contributed by atoms with Crippen LogP contribution in [0.4, 0.5) is 0 Å². The Morgan fingerprint density at radius 1 is 1.19 bits per heavy atom. The molecule has 2 rings (SSSR count). The van der Waals surface area contributed by atoms with E-state index >= 15 is 0 Å². The predicted molar refractivity (Wildman–Crippen MR) is 81.2 cm³/mol. The molecular formula is C13H26N4O3S. The number of hydrogen-bond acceptors (Lipinski definition) is 5. The van der Waals surface area contributed by atoms with Gasteiger partial charge < -0.3 is 10.6 Å². The van der Waals surface area contributed by atoms with Gasteiger partial charge in [-0.1, -0.05) is 6.92 Å². The van der Waals surface area contributed by atoms with Gasteiger partial charge in [-0.15, -0.1) is 0 Å². The number of amides is 1. The molecule has 2 atom stereocenters. The van der Waals surface area contributed by atoms with E-state index in [0.717, 1.165) is 19.5 Å². The molecule has 2 heterocycles. The van der Waals surface area contributed by atoms with E-state index in [0.29, 0.717) is 38.6 Å². The Morgan fingerprint density at radius 3 is 2.33 bits per heavy atom. The molecule has 7 nitrogen and oxygen atoms in total.